The first-order chi connectivity index (χ1) is 40.6. The molecule has 4 aromatic carbocycles. The highest BCUT2D eigenvalue weighted by Gasteiger charge is 2.27. The minimum atomic E-state index is -1.39. The number of carboxylic acids is 4. The van der Waals surface area contributed by atoms with Crippen LogP contribution in [-0.2, 0) is 56.0 Å². The molecule has 4 atom stereocenters. The molecular weight excluding hydrogens is 1100 g/mol. The fraction of sp³-hybridized carbons (Fsp3) is 0.484. The Morgan fingerprint density at radius 2 is 0.976 bits per heavy atom. The predicted octanol–water partition coefficient (Wildman–Crippen LogP) is 6.53. The lowest BCUT2D eigenvalue weighted by Gasteiger charge is -2.22. The Labute approximate surface area is 500 Å². The summed E-state index contributed by atoms with van der Waals surface area (Å²) in [5.74, 6) is -6.52. The number of unbranched alkanes of at least 4 members (excludes halogenated alkanes) is 2. The number of carbonyl (C=O) groups is 10. The Balaban J connectivity index is 0. The lowest BCUT2D eigenvalue weighted by atomic mass is 10.0. The number of nitrogens with one attached hydrogen (secondary N) is 8. The number of rotatable bonds is 31. The normalized spacial score (nSPS) is 11.3. The van der Waals surface area contributed by atoms with Gasteiger partial charge in [-0.3, -0.25) is 33.6 Å². The van der Waals surface area contributed by atoms with Crippen LogP contribution in [0, 0.1) is 13.8 Å². The molecule has 0 aliphatic carbocycles. The number of benzene rings is 4. The number of aliphatic carboxylic acids is 4. The largest absolute Gasteiger partial charge is 0.508 e. The molecule has 0 aliphatic heterocycles. The lowest BCUT2D eigenvalue weighted by Crippen LogP contribution is -2.53. The average molecular weight is 1190 g/mol. The minimum Gasteiger partial charge on any atom is -0.508 e. The van der Waals surface area contributed by atoms with E-state index in [-0.39, 0.29) is 56.4 Å². The van der Waals surface area contributed by atoms with Crippen LogP contribution in [0.15, 0.2) is 91.0 Å². The van der Waals surface area contributed by atoms with Crippen LogP contribution < -0.4 is 42.5 Å². The summed E-state index contributed by atoms with van der Waals surface area (Å²) in [6, 6.07) is 23.2. The number of amides is 7. The number of hydrogen-bond donors (Lipinski definition) is 13. The van der Waals surface area contributed by atoms with Gasteiger partial charge < -0.3 is 68.1 Å². The summed E-state index contributed by atoms with van der Waals surface area (Å²) in [6.07, 6.45) is 3.10. The first-order valence-electron chi connectivity index (χ1n) is 28.9. The molecule has 0 aliphatic rings. The summed E-state index contributed by atoms with van der Waals surface area (Å²) >= 11 is 0. The molecular formula is C62H94N8O15. The van der Waals surface area contributed by atoms with Gasteiger partial charge in [-0.15, -0.1) is 0 Å². The van der Waals surface area contributed by atoms with Gasteiger partial charge in [0.05, 0.1) is 6.54 Å². The molecule has 0 radical (unpaired) electrons. The molecule has 4 aromatic rings. The van der Waals surface area contributed by atoms with Gasteiger partial charge in [0.25, 0.3) is 0 Å². The van der Waals surface area contributed by atoms with Crippen LogP contribution in [0.1, 0.15) is 135 Å². The van der Waals surface area contributed by atoms with Crippen LogP contribution >= 0.6 is 0 Å². The third kappa shape index (κ3) is 38.0. The topological polar surface area (TPSA) is 368 Å². The summed E-state index contributed by atoms with van der Waals surface area (Å²) in [6.45, 7) is 18.2. The Hall–Kier alpha value is -8.60. The number of carboxylic acid groups (broad SMARTS) is 4. The minimum absolute atomic E-state index is 0.00428. The van der Waals surface area contributed by atoms with E-state index in [9.17, 15) is 53.1 Å². The van der Waals surface area contributed by atoms with Gasteiger partial charge in [-0.2, -0.15) is 0 Å². The molecule has 0 bridgehead atoms. The maximum Gasteiger partial charge on any atom is 0.326 e. The van der Waals surface area contributed by atoms with E-state index >= 15 is 0 Å². The summed E-state index contributed by atoms with van der Waals surface area (Å²) in [5, 5.41) is 66.3. The zero-order chi connectivity index (χ0) is 64.7. The molecule has 0 heterocycles. The third-order valence-electron chi connectivity index (χ3n) is 11.6. The zero-order valence-electron chi connectivity index (χ0n) is 51.1. The lowest BCUT2D eigenvalue weighted by molar-refractivity contribution is -0.142. The molecule has 0 spiro atoms. The number of hydrogen-bond acceptors (Lipinski definition) is 12. The number of phenolic OH excluding ortho intramolecular Hbond substituents is 1. The van der Waals surface area contributed by atoms with Gasteiger partial charge in [0.1, 0.15) is 36.5 Å². The smallest absolute Gasteiger partial charge is 0.326 e. The van der Waals surface area contributed by atoms with Crippen LogP contribution in [0.3, 0.4) is 0 Å². The van der Waals surface area contributed by atoms with Crippen molar-refractivity contribution >= 4 is 70.2 Å². The molecule has 13 N–H and O–H groups in total. The summed E-state index contributed by atoms with van der Waals surface area (Å²) in [4.78, 5) is 118. The highest BCUT2D eigenvalue weighted by molar-refractivity contribution is 5.92. The van der Waals surface area contributed by atoms with Gasteiger partial charge >= 0.3 is 29.9 Å². The summed E-state index contributed by atoms with van der Waals surface area (Å²) in [5.41, 5.74) is 4.02. The highest BCUT2D eigenvalue weighted by Crippen LogP contribution is 2.17. The SMILES string of the molecule is CC.CC.CC.CCCCNC(=O)C(Cc1ccc(C)cc1)NC(=O)CCCC(=O)NCCCCC(NC(=O)C(Cc1ccc2ccccc2c1)NC(=O)CNC)C(=O)O.Cc1ccc(O)cc1.O=C(O)CCC(NC(=O)NCC(=O)O)C(=O)O. The first-order valence-corrected chi connectivity index (χ1v) is 28.9. The average Bonchev–Trinajstić information content (AvgIpc) is 3.67. The van der Waals surface area contributed by atoms with Crippen LogP contribution in [-0.4, -0.2) is 142 Å². The van der Waals surface area contributed by atoms with Crippen LogP contribution in [0.5, 0.6) is 5.75 Å². The highest BCUT2D eigenvalue weighted by atomic mass is 16.4. The monoisotopic (exact) mass is 1190 g/mol. The molecule has 0 saturated heterocycles. The van der Waals surface area contributed by atoms with E-state index in [4.69, 9.17) is 20.4 Å². The van der Waals surface area contributed by atoms with E-state index in [1.807, 2.05) is 152 Å². The van der Waals surface area contributed by atoms with Crippen molar-refractivity contribution in [3.63, 3.8) is 0 Å². The number of carbonyl (C=O) groups excluding carboxylic acids is 6. The molecule has 85 heavy (non-hydrogen) atoms. The summed E-state index contributed by atoms with van der Waals surface area (Å²) in [7, 11) is 1.61. The molecule has 0 aromatic heterocycles. The van der Waals surface area contributed by atoms with E-state index in [2.05, 4.69) is 31.9 Å². The maximum absolute atomic E-state index is 13.3. The van der Waals surface area contributed by atoms with Crippen molar-refractivity contribution in [2.75, 3.05) is 33.2 Å². The van der Waals surface area contributed by atoms with Crippen molar-refractivity contribution in [2.45, 2.75) is 164 Å². The van der Waals surface area contributed by atoms with E-state index in [1.54, 1.807) is 19.2 Å². The quantitative estimate of drug-likeness (QED) is 0.0238. The molecule has 4 unspecified atom stereocenters. The van der Waals surface area contributed by atoms with Gasteiger partial charge in [0, 0.05) is 45.2 Å². The van der Waals surface area contributed by atoms with E-state index in [0.29, 0.717) is 44.5 Å². The van der Waals surface area contributed by atoms with Crippen LogP contribution in [0.2, 0.25) is 0 Å². The molecule has 472 valence electrons. The number of fused-ring (bicyclic) bond motifs is 1. The van der Waals surface area contributed by atoms with Gasteiger partial charge in [0.2, 0.25) is 29.5 Å². The number of aromatic hydroxyl groups is 1. The van der Waals surface area contributed by atoms with E-state index < -0.39 is 78.9 Å². The maximum atomic E-state index is 13.3. The van der Waals surface area contributed by atoms with Crippen molar-refractivity contribution in [1.82, 2.24) is 42.5 Å². The number of urea groups is 1. The van der Waals surface area contributed by atoms with Crippen molar-refractivity contribution in [3.8, 4) is 5.75 Å². The van der Waals surface area contributed by atoms with E-state index in [1.165, 1.54) is 5.56 Å². The molecule has 7 amide bonds. The van der Waals surface area contributed by atoms with Crippen molar-refractivity contribution in [1.29, 1.82) is 0 Å². The molecule has 23 nitrogen and oxygen atoms in total. The van der Waals surface area contributed by atoms with Gasteiger partial charge in [-0.05, 0) is 93.5 Å². The van der Waals surface area contributed by atoms with Crippen molar-refractivity contribution < 1.29 is 73.5 Å². The van der Waals surface area contributed by atoms with Crippen molar-refractivity contribution in [3.05, 3.63) is 113 Å². The van der Waals surface area contributed by atoms with Crippen LogP contribution in [0.4, 0.5) is 4.79 Å². The second-order valence-corrected chi connectivity index (χ2v) is 18.5. The summed E-state index contributed by atoms with van der Waals surface area (Å²) < 4.78 is 0. The third-order valence-corrected chi connectivity index (χ3v) is 11.6. The molecule has 0 fully saturated rings. The predicted molar refractivity (Wildman–Crippen MR) is 328 cm³/mol. The van der Waals surface area contributed by atoms with Gasteiger partial charge in [-0.1, -0.05) is 145 Å². The van der Waals surface area contributed by atoms with Gasteiger partial charge in [-0.25, -0.2) is 14.4 Å². The zero-order valence-corrected chi connectivity index (χ0v) is 51.1. The molecule has 23 heteroatoms. The second kappa shape index (κ2) is 47.8. The number of likely N-dealkylation sites (N-methyl/N-ethyl adjacent to an activating group) is 1. The van der Waals surface area contributed by atoms with Crippen LogP contribution in [0.25, 0.3) is 10.8 Å². The molecule has 4 rings (SSSR count). The van der Waals surface area contributed by atoms with Crippen molar-refractivity contribution in [2.24, 2.45) is 0 Å². The number of phenols is 1. The second-order valence-electron chi connectivity index (χ2n) is 18.5. The number of aryl methyl sites for hydroxylation is 2. The Morgan fingerprint density at radius 1 is 0.459 bits per heavy atom. The Bertz CT molecular complexity index is 2600. The fourth-order valence-corrected chi connectivity index (χ4v) is 7.33. The van der Waals surface area contributed by atoms with E-state index in [0.717, 1.165) is 40.3 Å². The standard InChI is InChI=1S/C41H56N6O7.C8H12N2O7.C7H8O.3C2H6/c1-4-5-22-44-39(51)34(25-29-18-16-28(2)17-19-29)45-37(49)15-10-14-36(48)43-23-9-8-13-33(41(53)54)47-40(52)35(46-38(50)27-42-3)26-30-20-21-31-11-6-7-12-32(31)24-30;11-5(12)2-1-4(7(15)16)10-8(17)9-3-6(13)14;1-6-2-4-7(8)5-3-6;3*1-2/h6-7,11-12,16-21,24,33-35,42H,4-5,8-10,13-15,22-23,25-27H2,1-3H3,(H,43,48)(H,44,51)(H,45,49)(H,46,50)(H,47,52)(H,53,54);4H,1-3H2,(H,11,12)(H,13,14)(H,15,16)(H2,9,10,17);2-5,8H,1H3;3*1-2H3. The Kier molecular flexibility index (Phi) is 44.2. The molecule has 0 saturated carbocycles. The fourth-order valence-electron chi connectivity index (χ4n) is 7.33. The first kappa shape index (κ1) is 78.5. The van der Waals surface area contributed by atoms with Gasteiger partial charge in [0.15, 0.2) is 0 Å². The Morgan fingerprint density at radius 3 is 1.53 bits per heavy atom.